The first kappa shape index (κ1) is 10.6. The first-order valence-corrected chi connectivity index (χ1v) is 5.06. The van der Waals surface area contributed by atoms with E-state index in [-0.39, 0.29) is 5.82 Å². The second-order valence-corrected chi connectivity index (χ2v) is 3.88. The highest BCUT2D eigenvalue weighted by molar-refractivity contribution is 5.72. The van der Waals surface area contributed by atoms with Crippen LogP contribution in [0.15, 0.2) is 30.5 Å². The summed E-state index contributed by atoms with van der Waals surface area (Å²) in [7, 11) is 0. The Labute approximate surface area is 93.9 Å². The van der Waals surface area contributed by atoms with Crippen molar-refractivity contribution in [3.63, 3.8) is 0 Å². The Morgan fingerprint density at radius 2 is 1.75 bits per heavy atom. The third kappa shape index (κ3) is 1.89. The lowest BCUT2D eigenvalue weighted by Crippen LogP contribution is -1.93. The van der Waals surface area contributed by atoms with Gasteiger partial charge in [-0.05, 0) is 60.4 Å². The minimum absolute atomic E-state index is 0.208. The molecule has 0 atom stereocenters. The van der Waals surface area contributed by atoms with Crippen molar-refractivity contribution in [1.29, 1.82) is 0 Å². The lowest BCUT2D eigenvalue weighted by atomic mass is 9.96. The van der Waals surface area contributed by atoms with E-state index in [0.29, 0.717) is 5.82 Å². The zero-order valence-electron chi connectivity index (χ0n) is 9.29. The number of hydrogen-bond donors (Lipinski definition) is 1. The molecule has 0 saturated carbocycles. The Bertz CT molecular complexity index is 512. The minimum Gasteiger partial charge on any atom is -0.384 e. The molecule has 0 aliphatic heterocycles. The monoisotopic (exact) mass is 216 g/mol. The molecule has 82 valence electrons. The molecular formula is C13H13FN2. The third-order valence-corrected chi connectivity index (χ3v) is 2.57. The summed E-state index contributed by atoms with van der Waals surface area (Å²) in [5.74, 6) is 0.265. The molecule has 0 bridgehead atoms. The summed E-state index contributed by atoms with van der Waals surface area (Å²) >= 11 is 0. The second-order valence-electron chi connectivity index (χ2n) is 3.88. The number of nitrogens with zero attached hydrogens (tertiary/aromatic N) is 1. The number of aromatic nitrogens is 1. The van der Waals surface area contributed by atoms with Crippen molar-refractivity contribution in [2.24, 2.45) is 0 Å². The smallest absolute Gasteiger partial charge is 0.123 e. The molecule has 2 nitrogen and oxygen atoms in total. The molecular weight excluding hydrogens is 203 g/mol. The Balaban J connectivity index is 2.64. The number of halogens is 1. The maximum atomic E-state index is 13.2. The standard InChI is InChI=1S/C13H13FN2/c1-8-5-11(14)6-9(2)13(8)10-3-4-16-12(15)7-10/h3-7H,1-2H3,(H2,15,16). The van der Waals surface area contributed by atoms with Crippen LogP contribution in [0.5, 0.6) is 0 Å². The highest BCUT2D eigenvalue weighted by Gasteiger charge is 2.07. The molecule has 1 aromatic carbocycles. The van der Waals surface area contributed by atoms with Crippen LogP contribution in [0.3, 0.4) is 0 Å². The Kier molecular flexibility index (Phi) is 2.60. The first-order chi connectivity index (χ1) is 7.58. The zero-order valence-corrected chi connectivity index (χ0v) is 9.29. The van der Waals surface area contributed by atoms with Crippen molar-refractivity contribution < 1.29 is 4.39 Å². The number of rotatable bonds is 1. The van der Waals surface area contributed by atoms with Gasteiger partial charge in [0.05, 0.1) is 0 Å². The van der Waals surface area contributed by atoms with Gasteiger partial charge in [0.1, 0.15) is 11.6 Å². The summed E-state index contributed by atoms with van der Waals surface area (Å²) in [6, 6.07) is 6.73. The molecule has 0 aliphatic rings. The fourth-order valence-electron chi connectivity index (χ4n) is 1.97. The van der Waals surface area contributed by atoms with E-state index in [9.17, 15) is 4.39 Å². The Morgan fingerprint density at radius 3 is 2.31 bits per heavy atom. The van der Waals surface area contributed by atoms with Crippen LogP contribution in [0.2, 0.25) is 0 Å². The summed E-state index contributed by atoms with van der Waals surface area (Å²) in [6.07, 6.45) is 1.66. The number of hydrogen-bond acceptors (Lipinski definition) is 2. The molecule has 0 aliphatic carbocycles. The quantitative estimate of drug-likeness (QED) is 0.795. The van der Waals surface area contributed by atoms with Crippen molar-refractivity contribution in [2.45, 2.75) is 13.8 Å². The van der Waals surface area contributed by atoms with E-state index in [2.05, 4.69) is 4.98 Å². The SMILES string of the molecule is Cc1cc(F)cc(C)c1-c1ccnc(N)c1. The van der Waals surface area contributed by atoms with Gasteiger partial charge >= 0.3 is 0 Å². The van der Waals surface area contributed by atoms with Gasteiger partial charge in [-0.25, -0.2) is 9.37 Å². The predicted molar refractivity (Wildman–Crippen MR) is 63.5 cm³/mol. The molecule has 3 heteroatoms. The van der Waals surface area contributed by atoms with Crippen molar-refractivity contribution in [2.75, 3.05) is 5.73 Å². The normalized spacial score (nSPS) is 10.4. The highest BCUT2D eigenvalue weighted by Crippen LogP contribution is 2.28. The molecule has 0 saturated heterocycles. The van der Waals surface area contributed by atoms with Gasteiger partial charge in [0, 0.05) is 6.20 Å². The average Bonchev–Trinajstić information content (AvgIpc) is 2.15. The minimum atomic E-state index is -0.208. The van der Waals surface area contributed by atoms with Gasteiger partial charge in [0.25, 0.3) is 0 Å². The Hall–Kier alpha value is -1.90. The predicted octanol–water partition coefficient (Wildman–Crippen LogP) is 3.09. The number of anilines is 1. The highest BCUT2D eigenvalue weighted by atomic mass is 19.1. The topological polar surface area (TPSA) is 38.9 Å². The van der Waals surface area contributed by atoms with Gasteiger partial charge in [0.2, 0.25) is 0 Å². The van der Waals surface area contributed by atoms with E-state index in [1.807, 2.05) is 19.9 Å². The summed E-state index contributed by atoms with van der Waals surface area (Å²) in [5, 5.41) is 0. The van der Waals surface area contributed by atoms with Gasteiger partial charge < -0.3 is 5.73 Å². The van der Waals surface area contributed by atoms with E-state index in [4.69, 9.17) is 5.73 Å². The van der Waals surface area contributed by atoms with Crippen LogP contribution in [0, 0.1) is 19.7 Å². The molecule has 1 heterocycles. The van der Waals surface area contributed by atoms with Crippen LogP contribution in [0.1, 0.15) is 11.1 Å². The lowest BCUT2D eigenvalue weighted by molar-refractivity contribution is 0.625. The zero-order chi connectivity index (χ0) is 11.7. The van der Waals surface area contributed by atoms with Crippen LogP contribution in [-0.4, -0.2) is 4.98 Å². The maximum Gasteiger partial charge on any atom is 0.123 e. The number of aryl methyl sites for hydroxylation is 2. The lowest BCUT2D eigenvalue weighted by Gasteiger charge is -2.10. The molecule has 0 amide bonds. The van der Waals surface area contributed by atoms with Gasteiger partial charge in [0.15, 0.2) is 0 Å². The van der Waals surface area contributed by atoms with E-state index in [1.54, 1.807) is 12.3 Å². The van der Waals surface area contributed by atoms with Crippen LogP contribution >= 0.6 is 0 Å². The van der Waals surface area contributed by atoms with Gasteiger partial charge in [-0.2, -0.15) is 0 Å². The van der Waals surface area contributed by atoms with Crippen LogP contribution in [0.25, 0.3) is 11.1 Å². The van der Waals surface area contributed by atoms with Crippen LogP contribution in [-0.2, 0) is 0 Å². The van der Waals surface area contributed by atoms with E-state index >= 15 is 0 Å². The second kappa shape index (κ2) is 3.93. The van der Waals surface area contributed by atoms with Gasteiger partial charge in [-0.1, -0.05) is 0 Å². The molecule has 16 heavy (non-hydrogen) atoms. The molecule has 2 N–H and O–H groups in total. The summed E-state index contributed by atoms with van der Waals surface area (Å²) < 4.78 is 13.2. The molecule has 1 aromatic heterocycles. The molecule has 2 aromatic rings. The number of benzene rings is 1. The van der Waals surface area contributed by atoms with E-state index < -0.39 is 0 Å². The maximum absolute atomic E-state index is 13.2. The largest absolute Gasteiger partial charge is 0.384 e. The van der Waals surface area contributed by atoms with Crippen molar-refractivity contribution in [1.82, 2.24) is 4.98 Å². The number of pyridine rings is 1. The Morgan fingerprint density at radius 1 is 1.12 bits per heavy atom. The number of nitrogen functional groups attached to an aromatic ring is 1. The van der Waals surface area contributed by atoms with Crippen molar-refractivity contribution >= 4 is 5.82 Å². The summed E-state index contributed by atoms with van der Waals surface area (Å²) in [6.45, 7) is 3.78. The van der Waals surface area contributed by atoms with Crippen molar-refractivity contribution in [3.8, 4) is 11.1 Å². The fourth-order valence-corrected chi connectivity index (χ4v) is 1.97. The first-order valence-electron chi connectivity index (χ1n) is 5.06. The van der Waals surface area contributed by atoms with Crippen LogP contribution in [0.4, 0.5) is 10.2 Å². The van der Waals surface area contributed by atoms with Gasteiger partial charge in [-0.15, -0.1) is 0 Å². The summed E-state index contributed by atoms with van der Waals surface area (Å²) in [4.78, 5) is 3.95. The van der Waals surface area contributed by atoms with E-state index in [1.165, 1.54) is 12.1 Å². The molecule has 2 rings (SSSR count). The van der Waals surface area contributed by atoms with E-state index in [0.717, 1.165) is 22.3 Å². The summed E-state index contributed by atoms with van der Waals surface area (Å²) in [5.41, 5.74) is 9.45. The average molecular weight is 216 g/mol. The third-order valence-electron chi connectivity index (χ3n) is 2.57. The van der Waals surface area contributed by atoms with Crippen LogP contribution < -0.4 is 5.73 Å². The molecule has 0 fully saturated rings. The molecule has 0 radical (unpaired) electrons. The molecule has 0 spiro atoms. The van der Waals surface area contributed by atoms with Crippen molar-refractivity contribution in [3.05, 3.63) is 47.4 Å². The fraction of sp³-hybridized carbons (Fsp3) is 0.154. The number of nitrogens with two attached hydrogens (primary N) is 1. The van der Waals surface area contributed by atoms with Gasteiger partial charge in [-0.3, -0.25) is 0 Å². The molecule has 0 unspecified atom stereocenters.